The van der Waals surface area contributed by atoms with E-state index in [-0.39, 0.29) is 5.54 Å². The molecule has 0 saturated heterocycles. The summed E-state index contributed by atoms with van der Waals surface area (Å²) in [5.41, 5.74) is 2.70. The van der Waals surface area contributed by atoms with E-state index in [1.54, 1.807) is 0 Å². The fourth-order valence-electron chi connectivity index (χ4n) is 3.20. The number of furan rings is 1. The molecule has 1 aliphatic carbocycles. The minimum absolute atomic E-state index is 0.179. The van der Waals surface area contributed by atoms with Crippen LogP contribution in [0.5, 0.6) is 0 Å². The van der Waals surface area contributed by atoms with E-state index < -0.39 is 0 Å². The first-order valence-corrected chi connectivity index (χ1v) is 7.33. The average Bonchev–Trinajstić information content (AvgIpc) is 2.63. The Morgan fingerprint density at radius 1 is 1.29 bits per heavy atom. The van der Waals surface area contributed by atoms with Gasteiger partial charge in [0.25, 0.3) is 0 Å². The lowest BCUT2D eigenvalue weighted by Gasteiger charge is -2.44. The summed E-state index contributed by atoms with van der Waals surface area (Å²) in [7, 11) is 0. The second kappa shape index (κ2) is 3.48. The van der Waals surface area contributed by atoms with Gasteiger partial charge in [-0.2, -0.15) is 0 Å². The molecule has 1 saturated carbocycles. The van der Waals surface area contributed by atoms with Crippen LogP contribution in [0.4, 0.5) is 0 Å². The first-order valence-electron chi connectivity index (χ1n) is 6.25. The van der Waals surface area contributed by atoms with E-state index in [9.17, 15) is 0 Å². The third-order valence-electron chi connectivity index (χ3n) is 4.24. The molecule has 4 rings (SSSR count). The molecule has 1 spiro atoms. The van der Waals surface area contributed by atoms with Crippen molar-refractivity contribution in [1.29, 1.82) is 0 Å². The summed E-state index contributed by atoms with van der Waals surface area (Å²) in [5.74, 6) is 1.23. The van der Waals surface area contributed by atoms with Crippen LogP contribution in [0.15, 0.2) is 22.6 Å². The fraction of sp³-hybridized carbons (Fsp3) is 0.429. The van der Waals surface area contributed by atoms with E-state index in [1.807, 2.05) is 0 Å². The molecular weight excluding hydrogens is 325 g/mol. The summed E-state index contributed by atoms with van der Waals surface area (Å²) in [4.78, 5) is 0. The number of halogens is 1. The van der Waals surface area contributed by atoms with Gasteiger partial charge in [-0.3, -0.25) is 0 Å². The van der Waals surface area contributed by atoms with Gasteiger partial charge >= 0.3 is 0 Å². The maximum absolute atomic E-state index is 6.16. The Balaban J connectivity index is 2.00. The maximum Gasteiger partial charge on any atom is 0.135 e. The molecule has 88 valence electrons. The van der Waals surface area contributed by atoms with E-state index in [2.05, 4.69) is 46.1 Å². The second-order valence-corrected chi connectivity index (χ2v) is 6.41. The largest absolute Gasteiger partial charge is 0.459 e. The first kappa shape index (κ1) is 10.4. The number of benzene rings is 1. The standard InChI is InChI=1S/C14H14INO/c15-9-2-3-10-11-4-7-16-14(5-1-6-14)13(11)17-12(10)8-9/h2-3,8,16H,1,4-7H2. The maximum atomic E-state index is 6.16. The molecule has 1 aromatic carbocycles. The number of nitrogens with one attached hydrogen (secondary N) is 1. The molecule has 2 nitrogen and oxygen atoms in total. The molecule has 1 aliphatic heterocycles. The lowest BCUT2D eigenvalue weighted by atomic mass is 9.71. The molecule has 0 bridgehead atoms. The molecule has 1 N–H and O–H groups in total. The van der Waals surface area contributed by atoms with Crippen molar-refractivity contribution in [3.63, 3.8) is 0 Å². The van der Waals surface area contributed by atoms with Gasteiger partial charge in [0.15, 0.2) is 0 Å². The number of hydrogen-bond acceptors (Lipinski definition) is 2. The molecule has 17 heavy (non-hydrogen) atoms. The van der Waals surface area contributed by atoms with Crippen LogP contribution in [0, 0.1) is 3.57 Å². The number of hydrogen-bond donors (Lipinski definition) is 1. The zero-order valence-electron chi connectivity index (χ0n) is 9.55. The van der Waals surface area contributed by atoms with Gasteiger partial charge in [-0.05, 0) is 66.5 Å². The first-order chi connectivity index (χ1) is 8.28. The van der Waals surface area contributed by atoms with E-state index in [4.69, 9.17) is 4.42 Å². The van der Waals surface area contributed by atoms with E-state index in [0.29, 0.717) is 0 Å². The van der Waals surface area contributed by atoms with Crippen molar-refractivity contribution in [1.82, 2.24) is 5.32 Å². The summed E-state index contributed by atoms with van der Waals surface area (Å²) < 4.78 is 7.41. The van der Waals surface area contributed by atoms with Gasteiger partial charge in [0.05, 0.1) is 5.54 Å². The quantitative estimate of drug-likeness (QED) is 0.743. The highest BCUT2D eigenvalue weighted by Crippen LogP contribution is 2.47. The van der Waals surface area contributed by atoms with E-state index in [1.165, 1.54) is 39.5 Å². The second-order valence-electron chi connectivity index (χ2n) is 5.16. The highest BCUT2D eigenvalue weighted by Gasteiger charge is 2.45. The Bertz CT molecular complexity index is 598. The zero-order chi connectivity index (χ0) is 11.5. The van der Waals surface area contributed by atoms with Crippen LogP contribution in [0.25, 0.3) is 11.0 Å². The van der Waals surface area contributed by atoms with Crippen LogP contribution in [-0.2, 0) is 12.0 Å². The van der Waals surface area contributed by atoms with Gasteiger partial charge in [0, 0.05) is 21.1 Å². The SMILES string of the molecule is Ic1ccc2c3c(oc2c1)C1(CCC1)NCC3. The topological polar surface area (TPSA) is 25.2 Å². The van der Waals surface area contributed by atoms with Crippen LogP contribution in [0.3, 0.4) is 0 Å². The summed E-state index contributed by atoms with van der Waals surface area (Å²) >= 11 is 2.35. The van der Waals surface area contributed by atoms with Gasteiger partial charge < -0.3 is 9.73 Å². The molecule has 2 aliphatic rings. The smallest absolute Gasteiger partial charge is 0.135 e. The van der Waals surface area contributed by atoms with Crippen LogP contribution < -0.4 is 5.32 Å². The molecule has 2 heterocycles. The van der Waals surface area contributed by atoms with Crippen molar-refractivity contribution >= 4 is 33.6 Å². The van der Waals surface area contributed by atoms with Crippen molar-refractivity contribution in [2.75, 3.05) is 6.54 Å². The van der Waals surface area contributed by atoms with Crippen LogP contribution in [0.2, 0.25) is 0 Å². The Morgan fingerprint density at radius 2 is 2.18 bits per heavy atom. The monoisotopic (exact) mass is 339 g/mol. The van der Waals surface area contributed by atoms with Crippen molar-refractivity contribution in [3.05, 3.63) is 33.1 Å². The van der Waals surface area contributed by atoms with E-state index in [0.717, 1.165) is 18.5 Å². The lowest BCUT2D eigenvalue weighted by Crippen LogP contribution is -2.51. The van der Waals surface area contributed by atoms with Crippen molar-refractivity contribution < 1.29 is 4.42 Å². The molecular formula is C14H14INO. The van der Waals surface area contributed by atoms with Crippen molar-refractivity contribution in [3.8, 4) is 0 Å². The molecule has 0 atom stereocenters. The van der Waals surface area contributed by atoms with Crippen LogP contribution >= 0.6 is 22.6 Å². The minimum atomic E-state index is 0.179. The predicted molar refractivity (Wildman–Crippen MR) is 76.2 cm³/mol. The van der Waals surface area contributed by atoms with Gasteiger partial charge in [0.2, 0.25) is 0 Å². The number of rotatable bonds is 0. The molecule has 2 aromatic rings. The Kier molecular flexibility index (Phi) is 2.12. The van der Waals surface area contributed by atoms with Gasteiger partial charge in [-0.1, -0.05) is 0 Å². The summed E-state index contributed by atoms with van der Waals surface area (Å²) in [6.45, 7) is 1.09. The van der Waals surface area contributed by atoms with Gasteiger partial charge in [-0.25, -0.2) is 0 Å². The average molecular weight is 339 g/mol. The van der Waals surface area contributed by atoms with E-state index >= 15 is 0 Å². The van der Waals surface area contributed by atoms with Crippen molar-refractivity contribution in [2.45, 2.75) is 31.2 Å². The third-order valence-corrected chi connectivity index (χ3v) is 4.91. The van der Waals surface area contributed by atoms with Crippen LogP contribution in [-0.4, -0.2) is 6.54 Å². The predicted octanol–water partition coefficient (Wildman–Crippen LogP) is 3.56. The fourth-order valence-corrected chi connectivity index (χ4v) is 3.66. The highest BCUT2D eigenvalue weighted by atomic mass is 127. The van der Waals surface area contributed by atoms with Crippen LogP contribution in [0.1, 0.15) is 30.6 Å². The van der Waals surface area contributed by atoms with Gasteiger partial charge in [-0.15, -0.1) is 0 Å². The lowest BCUT2D eigenvalue weighted by molar-refractivity contribution is 0.143. The summed E-state index contributed by atoms with van der Waals surface area (Å²) in [5, 5.41) is 5.00. The third kappa shape index (κ3) is 1.35. The Hall–Kier alpha value is -0.550. The molecule has 0 radical (unpaired) electrons. The van der Waals surface area contributed by atoms with Crippen molar-refractivity contribution in [2.24, 2.45) is 0 Å². The minimum Gasteiger partial charge on any atom is -0.459 e. The molecule has 0 unspecified atom stereocenters. The number of fused-ring (bicyclic) bond motifs is 4. The molecule has 1 aromatic heterocycles. The normalized spacial score (nSPS) is 21.5. The Morgan fingerprint density at radius 3 is 2.94 bits per heavy atom. The molecule has 1 fully saturated rings. The van der Waals surface area contributed by atoms with Gasteiger partial charge in [0.1, 0.15) is 11.3 Å². The Labute approximate surface area is 114 Å². The molecule has 0 amide bonds. The summed E-state index contributed by atoms with van der Waals surface area (Å²) in [6, 6.07) is 6.55. The zero-order valence-corrected chi connectivity index (χ0v) is 11.7. The molecule has 3 heteroatoms. The summed E-state index contributed by atoms with van der Waals surface area (Å²) in [6.07, 6.45) is 4.89. The highest BCUT2D eigenvalue weighted by molar-refractivity contribution is 14.1.